The lowest BCUT2D eigenvalue weighted by atomic mass is 10.1. The van der Waals surface area contributed by atoms with Crippen molar-refractivity contribution in [3.05, 3.63) is 32.6 Å². The molecular weight excluding hydrogens is 276 g/mol. The first-order valence-electron chi connectivity index (χ1n) is 4.84. The van der Waals surface area contributed by atoms with Crippen LogP contribution in [0.25, 0.3) is 0 Å². The van der Waals surface area contributed by atoms with Gasteiger partial charge in [0.05, 0.1) is 6.61 Å². The van der Waals surface area contributed by atoms with E-state index in [9.17, 15) is 0 Å². The quantitative estimate of drug-likeness (QED) is 0.664. The van der Waals surface area contributed by atoms with E-state index in [0.29, 0.717) is 0 Å². The first kappa shape index (κ1) is 11.1. The van der Waals surface area contributed by atoms with Crippen LogP contribution >= 0.6 is 27.3 Å². The molecule has 0 radical (unpaired) electrons. The largest absolute Gasteiger partial charge is 0.496 e. The van der Waals surface area contributed by atoms with Crippen molar-refractivity contribution in [1.29, 1.82) is 0 Å². The topological polar surface area (TPSA) is 47.3 Å². The Morgan fingerprint density at radius 2 is 2.47 bits per heavy atom. The number of hydrogen-bond donors (Lipinski definition) is 2. The molecular formula is C10H13BrN2OS. The number of halogens is 1. The molecule has 0 spiro atoms. The summed E-state index contributed by atoms with van der Waals surface area (Å²) in [5.74, 6) is 6.51. The average molecular weight is 289 g/mol. The monoisotopic (exact) mass is 288 g/mol. The minimum absolute atomic E-state index is 0.0124. The van der Waals surface area contributed by atoms with Crippen molar-refractivity contribution in [2.24, 2.45) is 5.84 Å². The van der Waals surface area contributed by atoms with Crippen LogP contribution in [0.5, 0.6) is 0 Å². The molecule has 1 aromatic heterocycles. The van der Waals surface area contributed by atoms with Crippen molar-refractivity contribution in [1.82, 2.24) is 5.43 Å². The van der Waals surface area contributed by atoms with Crippen molar-refractivity contribution < 1.29 is 4.74 Å². The van der Waals surface area contributed by atoms with Gasteiger partial charge in [-0.25, -0.2) is 5.43 Å². The summed E-state index contributed by atoms with van der Waals surface area (Å²) in [4.78, 5) is 1.16. The van der Waals surface area contributed by atoms with E-state index < -0.39 is 0 Å². The Bertz CT molecular complexity index is 364. The smallest absolute Gasteiger partial charge is 0.116 e. The van der Waals surface area contributed by atoms with E-state index in [1.165, 1.54) is 0 Å². The standard InChI is InChI=1S/C10H13BrN2OS/c11-7-5-9(15-6-7)10(13-12)8-3-1-2-4-14-8/h3,5-6,10,13H,1-2,4,12H2. The molecule has 1 unspecified atom stereocenters. The molecule has 1 atom stereocenters. The predicted octanol–water partition coefficient (Wildman–Crippen LogP) is 2.71. The number of thiophene rings is 1. The highest BCUT2D eigenvalue weighted by Crippen LogP contribution is 2.31. The molecule has 0 saturated heterocycles. The SMILES string of the molecule is NNC(C1=CCCCO1)c1cc(Br)cs1. The van der Waals surface area contributed by atoms with Gasteiger partial charge in [-0.2, -0.15) is 0 Å². The van der Waals surface area contributed by atoms with E-state index in [-0.39, 0.29) is 6.04 Å². The van der Waals surface area contributed by atoms with Crippen LogP contribution < -0.4 is 11.3 Å². The molecule has 15 heavy (non-hydrogen) atoms. The van der Waals surface area contributed by atoms with Gasteiger partial charge in [0, 0.05) is 14.7 Å². The molecule has 0 bridgehead atoms. The van der Waals surface area contributed by atoms with Crippen LogP contribution in [0.1, 0.15) is 23.8 Å². The molecule has 0 amide bonds. The third-order valence-corrected chi connectivity index (χ3v) is 4.04. The van der Waals surface area contributed by atoms with Crippen LogP contribution in [-0.4, -0.2) is 6.61 Å². The number of allylic oxidation sites excluding steroid dienone is 1. The summed E-state index contributed by atoms with van der Waals surface area (Å²) < 4.78 is 6.69. The highest BCUT2D eigenvalue weighted by Gasteiger charge is 2.19. The average Bonchev–Trinajstić information content (AvgIpc) is 2.68. The van der Waals surface area contributed by atoms with Gasteiger partial charge in [0.25, 0.3) is 0 Å². The first-order chi connectivity index (χ1) is 7.31. The predicted molar refractivity (Wildman–Crippen MR) is 65.4 cm³/mol. The molecule has 1 aromatic rings. The Kier molecular flexibility index (Phi) is 3.80. The Balaban J connectivity index is 2.19. The summed E-state index contributed by atoms with van der Waals surface area (Å²) in [6.45, 7) is 0.788. The third-order valence-electron chi connectivity index (χ3n) is 2.29. The van der Waals surface area contributed by atoms with Crippen molar-refractivity contribution >= 4 is 27.3 Å². The van der Waals surface area contributed by atoms with E-state index in [1.54, 1.807) is 11.3 Å². The number of nitrogens with one attached hydrogen (secondary N) is 1. The molecule has 0 aromatic carbocycles. The second-order valence-electron chi connectivity index (χ2n) is 3.36. The maximum atomic E-state index is 5.60. The number of nitrogens with two attached hydrogens (primary N) is 1. The van der Waals surface area contributed by atoms with Gasteiger partial charge in [-0.15, -0.1) is 11.3 Å². The number of rotatable bonds is 3. The maximum Gasteiger partial charge on any atom is 0.116 e. The summed E-state index contributed by atoms with van der Waals surface area (Å²) >= 11 is 5.10. The molecule has 0 saturated carbocycles. The van der Waals surface area contributed by atoms with Gasteiger partial charge in [0.1, 0.15) is 11.8 Å². The van der Waals surface area contributed by atoms with Crippen LogP contribution in [0.4, 0.5) is 0 Å². The second kappa shape index (κ2) is 5.12. The van der Waals surface area contributed by atoms with Crippen LogP contribution in [0.3, 0.4) is 0 Å². The molecule has 2 rings (SSSR count). The normalized spacial score (nSPS) is 18.1. The first-order valence-corrected chi connectivity index (χ1v) is 6.51. The molecule has 82 valence electrons. The Morgan fingerprint density at radius 1 is 1.60 bits per heavy atom. The molecule has 3 nitrogen and oxygen atoms in total. The van der Waals surface area contributed by atoms with E-state index in [0.717, 1.165) is 34.6 Å². The molecule has 0 aliphatic carbocycles. The van der Waals surface area contributed by atoms with Crippen molar-refractivity contribution in [2.45, 2.75) is 18.9 Å². The van der Waals surface area contributed by atoms with Crippen molar-refractivity contribution in [3.8, 4) is 0 Å². The number of ether oxygens (including phenoxy) is 1. The Hall–Kier alpha value is -0.360. The fourth-order valence-electron chi connectivity index (χ4n) is 1.56. The molecule has 1 aliphatic heterocycles. The second-order valence-corrected chi connectivity index (χ2v) is 5.22. The Labute approximate surface area is 101 Å². The van der Waals surface area contributed by atoms with Crippen molar-refractivity contribution in [3.63, 3.8) is 0 Å². The lowest BCUT2D eigenvalue weighted by molar-refractivity contribution is 0.168. The lowest BCUT2D eigenvalue weighted by Gasteiger charge is -2.22. The summed E-state index contributed by atoms with van der Waals surface area (Å²) in [5, 5.41) is 2.04. The fourth-order valence-corrected chi connectivity index (χ4v) is 3.07. The summed E-state index contributed by atoms with van der Waals surface area (Å²) in [7, 11) is 0. The van der Waals surface area contributed by atoms with Gasteiger partial charge < -0.3 is 4.74 Å². The zero-order valence-corrected chi connectivity index (χ0v) is 10.6. The molecule has 3 N–H and O–H groups in total. The van der Waals surface area contributed by atoms with E-state index >= 15 is 0 Å². The van der Waals surface area contributed by atoms with Crippen LogP contribution in [0, 0.1) is 0 Å². The summed E-state index contributed by atoms with van der Waals surface area (Å²) in [6, 6.07) is 2.05. The van der Waals surface area contributed by atoms with E-state index in [4.69, 9.17) is 10.6 Å². The van der Waals surface area contributed by atoms with Gasteiger partial charge in [0.2, 0.25) is 0 Å². The van der Waals surface area contributed by atoms with Gasteiger partial charge in [0.15, 0.2) is 0 Å². The van der Waals surface area contributed by atoms with E-state index in [2.05, 4.69) is 33.5 Å². The zero-order chi connectivity index (χ0) is 10.7. The lowest BCUT2D eigenvalue weighted by Crippen LogP contribution is -2.30. The third kappa shape index (κ3) is 2.60. The minimum Gasteiger partial charge on any atom is -0.496 e. The van der Waals surface area contributed by atoms with Crippen LogP contribution in [-0.2, 0) is 4.74 Å². The van der Waals surface area contributed by atoms with E-state index in [1.807, 2.05) is 5.38 Å². The maximum absolute atomic E-state index is 5.60. The van der Waals surface area contributed by atoms with Crippen molar-refractivity contribution in [2.75, 3.05) is 6.61 Å². The minimum atomic E-state index is -0.0124. The molecule has 0 fully saturated rings. The zero-order valence-electron chi connectivity index (χ0n) is 8.20. The van der Waals surface area contributed by atoms with Gasteiger partial charge in [-0.3, -0.25) is 5.84 Å². The van der Waals surface area contributed by atoms with Crippen LogP contribution in [0.2, 0.25) is 0 Å². The van der Waals surface area contributed by atoms with Gasteiger partial charge in [-0.05, 0) is 40.9 Å². The highest BCUT2D eigenvalue weighted by atomic mass is 79.9. The number of hydrazine groups is 1. The number of hydrogen-bond acceptors (Lipinski definition) is 4. The summed E-state index contributed by atoms with van der Waals surface area (Å²) in [5.41, 5.74) is 2.80. The van der Waals surface area contributed by atoms with Gasteiger partial charge >= 0.3 is 0 Å². The fraction of sp³-hybridized carbons (Fsp3) is 0.400. The van der Waals surface area contributed by atoms with Crippen LogP contribution in [0.15, 0.2) is 27.8 Å². The molecule has 5 heteroatoms. The molecule has 2 heterocycles. The summed E-state index contributed by atoms with van der Waals surface area (Å²) in [6.07, 6.45) is 4.27. The van der Waals surface area contributed by atoms with Gasteiger partial charge in [-0.1, -0.05) is 0 Å². The highest BCUT2D eigenvalue weighted by molar-refractivity contribution is 9.10. The Morgan fingerprint density at radius 3 is 3.00 bits per heavy atom. The molecule has 1 aliphatic rings.